The van der Waals surface area contributed by atoms with Crippen molar-refractivity contribution < 1.29 is 30.7 Å². The van der Waals surface area contributed by atoms with Crippen LogP contribution in [0.25, 0.3) is 0 Å². The first-order chi connectivity index (χ1) is 5.98. The van der Waals surface area contributed by atoms with Gasteiger partial charge in [-0.15, -0.1) is 0 Å². The molecule has 84 valence electrons. The molecule has 1 atom stereocenters. The second-order valence-corrected chi connectivity index (χ2v) is 6.17. The van der Waals surface area contributed by atoms with Crippen molar-refractivity contribution in [1.29, 1.82) is 0 Å². The van der Waals surface area contributed by atoms with Crippen molar-refractivity contribution in [3.05, 3.63) is 0 Å². The second-order valence-electron chi connectivity index (χ2n) is 2.80. The Kier molecular flexibility index (Phi) is 3.78. The molecule has 14 heavy (non-hydrogen) atoms. The maximum Gasteiger partial charge on any atom is 0.285 e. The average Bonchev–Trinajstić information content (AvgIpc) is 1.79. The standard InChI is InChI=1S/C5H10O7S2/c1-3(4(2)6)5(13(7,8)9)14(10,11)12/h3,5H,1-2H3,(H,7,8,9)(H,10,11,12). The van der Waals surface area contributed by atoms with Gasteiger partial charge in [-0.3, -0.25) is 13.9 Å². The Hall–Kier alpha value is -0.510. The lowest BCUT2D eigenvalue weighted by Gasteiger charge is -2.15. The van der Waals surface area contributed by atoms with E-state index in [-0.39, 0.29) is 0 Å². The minimum Gasteiger partial charge on any atom is -0.300 e. The molecule has 0 radical (unpaired) electrons. The van der Waals surface area contributed by atoms with Crippen LogP contribution in [0.4, 0.5) is 0 Å². The third-order valence-electron chi connectivity index (χ3n) is 1.64. The summed E-state index contributed by atoms with van der Waals surface area (Å²) in [5, 5.41) is 0. The molecule has 7 nitrogen and oxygen atoms in total. The number of carbonyl (C=O) groups is 1. The molecule has 0 rings (SSSR count). The Morgan fingerprint density at radius 3 is 1.43 bits per heavy atom. The van der Waals surface area contributed by atoms with E-state index in [1.165, 1.54) is 0 Å². The van der Waals surface area contributed by atoms with Crippen molar-refractivity contribution in [2.24, 2.45) is 5.92 Å². The predicted octanol–water partition coefficient (Wildman–Crippen LogP) is -0.687. The van der Waals surface area contributed by atoms with Crippen LogP contribution in [0.5, 0.6) is 0 Å². The Morgan fingerprint density at radius 1 is 1.07 bits per heavy atom. The summed E-state index contributed by atoms with van der Waals surface area (Å²) in [6.45, 7) is 1.93. The van der Waals surface area contributed by atoms with Crippen molar-refractivity contribution >= 4 is 26.0 Å². The topological polar surface area (TPSA) is 126 Å². The molecule has 1 unspecified atom stereocenters. The van der Waals surface area contributed by atoms with Crippen molar-refractivity contribution in [3.63, 3.8) is 0 Å². The number of rotatable bonds is 4. The summed E-state index contributed by atoms with van der Waals surface area (Å²) in [6, 6.07) is 0. The molecule has 0 aromatic rings. The molecule has 9 heteroatoms. The molecule has 2 N–H and O–H groups in total. The molecule has 0 saturated carbocycles. The van der Waals surface area contributed by atoms with Gasteiger partial charge < -0.3 is 0 Å². The molecule has 0 amide bonds. The summed E-state index contributed by atoms with van der Waals surface area (Å²) in [7, 11) is -10.1. The summed E-state index contributed by atoms with van der Waals surface area (Å²) in [4.78, 5) is 10.7. The van der Waals surface area contributed by atoms with Crippen molar-refractivity contribution in [2.75, 3.05) is 0 Å². The molecule has 0 spiro atoms. The van der Waals surface area contributed by atoms with E-state index < -0.39 is 36.5 Å². The normalized spacial score (nSPS) is 15.5. The van der Waals surface area contributed by atoms with Gasteiger partial charge in [0.2, 0.25) is 4.58 Å². The average molecular weight is 246 g/mol. The van der Waals surface area contributed by atoms with Gasteiger partial charge in [-0.2, -0.15) is 16.8 Å². The number of hydrogen-bond donors (Lipinski definition) is 2. The minimum absolute atomic E-state index is 0.773. The lowest BCUT2D eigenvalue weighted by molar-refractivity contribution is -0.119. The summed E-state index contributed by atoms with van der Waals surface area (Å²) < 4.78 is 56.9. The summed E-state index contributed by atoms with van der Waals surface area (Å²) in [5.41, 5.74) is 0. The highest BCUT2D eigenvalue weighted by Crippen LogP contribution is 2.18. The van der Waals surface area contributed by atoms with Gasteiger partial charge in [0.05, 0.1) is 5.92 Å². The van der Waals surface area contributed by atoms with Gasteiger partial charge in [0.25, 0.3) is 20.2 Å². The fraction of sp³-hybridized carbons (Fsp3) is 0.800. The van der Waals surface area contributed by atoms with E-state index in [4.69, 9.17) is 9.11 Å². The van der Waals surface area contributed by atoms with Crippen LogP contribution in [0.15, 0.2) is 0 Å². The third-order valence-corrected chi connectivity index (χ3v) is 5.09. The first-order valence-electron chi connectivity index (χ1n) is 3.41. The zero-order chi connectivity index (χ0) is 11.7. The van der Waals surface area contributed by atoms with Gasteiger partial charge in [-0.05, 0) is 6.92 Å². The van der Waals surface area contributed by atoms with Gasteiger partial charge in [0, 0.05) is 0 Å². The number of Topliss-reactive ketones (excluding diaryl/α,β-unsaturated/α-hetero) is 1. The molecule has 0 aliphatic rings. The van der Waals surface area contributed by atoms with E-state index >= 15 is 0 Å². The fourth-order valence-electron chi connectivity index (χ4n) is 0.861. The van der Waals surface area contributed by atoms with Crippen LogP contribution in [0, 0.1) is 5.92 Å². The lowest BCUT2D eigenvalue weighted by Crippen LogP contribution is -2.38. The molecule has 0 aromatic heterocycles. The van der Waals surface area contributed by atoms with Crippen LogP contribution in [-0.4, -0.2) is 36.3 Å². The van der Waals surface area contributed by atoms with Crippen LogP contribution in [-0.2, 0) is 25.0 Å². The highest BCUT2D eigenvalue weighted by atomic mass is 32.3. The van der Waals surface area contributed by atoms with Gasteiger partial charge >= 0.3 is 0 Å². The van der Waals surface area contributed by atoms with Gasteiger partial charge in [-0.1, -0.05) is 6.92 Å². The Morgan fingerprint density at radius 2 is 1.36 bits per heavy atom. The van der Waals surface area contributed by atoms with E-state index in [9.17, 15) is 21.6 Å². The Labute approximate surface area is 81.6 Å². The quantitative estimate of drug-likeness (QED) is 0.629. The maximum atomic E-state index is 10.7. The van der Waals surface area contributed by atoms with E-state index in [1.54, 1.807) is 0 Å². The van der Waals surface area contributed by atoms with E-state index in [1.807, 2.05) is 0 Å². The third kappa shape index (κ3) is 3.33. The van der Waals surface area contributed by atoms with Crippen molar-refractivity contribution in [3.8, 4) is 0 Å². The summed E-state index contributed by atoms with van der Waals surface area (Å²) in [5.74, 6) is -2.30. The minimum atomic E-state index is -5.03. The SMILES string of the molecule is CC(=O)C(C)C(S(=O)(=O)O)S(=O)(=O)O. The number of ketones is 1. The lowest BCUT2D eigenvalue weighted by atomic mass is 10.1. The number of carbonyl (C=O) groups excluding carboxylic acids is 1. The maximum absolute atomic E-state index is 10.7. The largest absolute Gasteiger partial charge is 0.300 e. The molecule has 0 heterocycles. The molecule has 0 aromatic carbocycles. The molecule has 0 fully saturated rings. The van der Waals surface area contributed by atoms with Crippen molar-refractivity contribution in [2.45, 2.75) is 18.4 Å². The second kappa shape index (κ2) is 3.93. The van der Waals surface area contributed by atoms with E-state index in [2.05, 4.69) is 0 Å². The summed E-state index contributed by atoms with van der Waals surface area (Å²) in [6.07, 6.45) is 0. The monoisotopic (exact) mass is 246 g/mol. The molecular weight excluding hydrogens is 236 g/mol. The first-order valence-corrected chi connectivity index (χ1v) is 6.41. The molecule has 0 bridgehead atoms. The van der Waals surface area contributed by atoms with Crippen molar-refractivity contribution in [1.82, 2.24) is 0 Å². The smallest absolute Gasteiger partial charge is 0.285 e. The highest BCUT2D eigenvalue weighted by molar-refractivity contribution is 8.04. The van der Waals surface area contributed by atoms with Crippen LogP contribution in [0.1, 0.15) is 13.8 Å². The molecule has 0 aliphatic carbocycles. The predicted molar refractivity (Wildman–Crippen MR) is 46.7 cm³/mol. The van der Waals surface area contributed by atoms with Gasteiger partial charge in [0.15, 0.2) is 0 Å². The molecule has 0 aliphatic heterocycles. The summed E-state index contributed by atoms with van der Waals surface area (Å²) >= 11 is 0. The van der Waals surface area contributed by atoms with Crippen LogP contribution in [0.3, 0.4) is 0 Å². The van der Waals surface area contributed by atoms with E-state index in [0.717, 1.165) is 13.8 Å². The fourth-order valence-corrected chi connectivity index (χ4v) is 3.51. The van der Waals surface area contributed by atoms with Crippen LogP contribution < -0.4 is 0 Å². The molecular formula is C5H10O7S2. The Balaban J connectivity index is 5.49. The van der Waals surface area contributed by atoms with Gasteiger partial charge in [-0.25, -0.2) is 0 Å². The molecule has 0 saturated heterocycles. The Bertz CT molecular complexity index is 385. The first kappa shape index (κ1) is 13.5. The highest BCUT2D eigenvalue weighted by Gasteiger charge is 2.42. The van der Waals surface area contributed by atoms with E-state index in [0.29, 0.717) is 0 Å². The number of hydrogen-bond acceptors (Lipinski definition) is 5. The van der Waals surface area contributed by atoms with Crippen LogP contribution >= 0.6 is 0 Å². The van der Waals surface area contributed by atoms with Crippen LogP contribution in [0.2, 0.25) is 0 Å². The zero-order valence-corrected chi connectivity index (χ0v) is 9.04. The van der Waals surface area contributed by atoms with Gasteiger partial charge in [0.1, 0.15) is 5.78 Å². The zero-order valence-electron chi connectivity index (χ0n) is 7.41.